The van der Waals surface area contributed by atoms with Crippen molar-refractivity contribution in [3.8, 4) is 0 Å². The van der Waals surface area contributed by atoms with Crippen LogP contribution >= 0.6 is 0 Å². The van der Waals surface area contributed by atoms with E-state index in [0.29, 0.717) is 0 Å². The van der Waals surface area contributed by atoms with E-state index in [-0.39, 0.29) is 11.3 Å². The monoisotopic (exact) mass is 288 g/mol. The van der Waals surface area contributed by atoms with Gasteiger partial charge in [-0.05, 0) is 30.4 Å². The first-order chi connectivity index (χ1) is 9.94. The molecule has 1 aromatic rings. The highest BCUT2D eigenvalue weighted by atomic mass is 16.2. The van der Waals surface area contributed by atoms with Crippen LogP contribution in [0.5, 0.6) is 0 Å². The summed E-state index contributed by atoms with van der Waals surface area (Å²) in [5, 5.41) is 0. The zero-order valence-electron chi connectivity index (χ0n) is 13.1. The third-order valence-corrected chi connectivity index (χ3v) is 4.06. The lowest BCUT2D eigenvalue weighted by Gasteiger charge is -2.43. The summed E-state index contributed by atoms with van der Waals surface area (Å²) in [7, 11) is 0. The Bertz CT molecular complexity index is 499. The van der Waals surface area contributed by atoms with E-state index in [2.05, 4.69) is 18.7 Å². The maximum Gasteiger partial charge on any atom is 0.225 e. The van der Waals surface area contributed by atoms with Gasteiger partial charge in [-0.1, -0.05) is 32.0 Å². The second-order valence-corrected chi connectivity index (χ2v) is 6.51. The van der Waals surface area contributed by atoms with Crippen LogP contribution in [0.4, 0.5) is 5.69 Å². The summed E-state index contributed by atoms with van der Waals surface area (Å²) in [5.41, 5.74) is 0.948. The van der Waals surface area contributed by atoms with E-state index < -0.39 is 6.17 Å². The number of carbonyl (C=O) groups is 2. The van der Waals surface area contributed by atoms with E-state index >= 15 is 0 Å². The molecule has 0 aliphatic carbocycles. The molecule has 1 fully saturated rings. The van der Waals surface area contributed by atoms with Crippen molar-refractivity contribution >= 4 is 17.9 Å². The first kappa shape index (κ1) is 15.7. The molecule has 4 heteroatoms. The zero-order valence-corrected chi connectivity index (χ0v) is 13.1. The number of rotatable bonds is 4. The molecule has 0 aromatic heterocycles. The Morgan fingerprint density at radius 3 is 2.52 bits per heavy atom. The average molecular weight is 288 g/mol. The maximum absolute atomic E-state index is 12.1. The van der Waals surface area contributed by atoms with Gasteiger partial charge in [0, 0.05) is 25.7 Å². The molecule has 1 amide bonds. The summed E-state index contributed by atoms with van der Waals surface area (Å²) >= 11 is 0. The van der Waals surface area contributed by atoms with Crippen LogP contribution in [0.2, 0.25) is 0 Å². The lowest BCUT2D eigenvalue weighted by molar-refractivity contribution is -0.122. The predicted molar refractivity (Wildman–Crippen MR) is 84.0 cm³/mol. The fraction of sp³-hybridized carbons (Fsp3) is 0.529. The fourth-order valence-corrected chi connectivity index (χ4v) is 3.11. The molecule has 0 N–H and O–H groups in total. The second-order valence-electron chi connectivity index (χ2n) is 6.51. The largest absolute Gasteiger partial charge is 0.299 e. The summed E-state index contributed by atoms with van der Waals surface area (Å²) in [5.74, 6) is -0.110. The van der Waals surface area contributed by atoms with Gasteiger partial charge < -0.3 is 0 Å². The molecule has 2 rings (SSSR count). The fourth-order valence-electron chi connectivity index (χ4n) is 3.11. The van der Waals surface area contributed by atoms with Crippen molar-refractivity contribution in [2.45, 2.75) is 39.8 Å². The van der Waals surface area contributed by atoms with Crippen molar-refractivity contribution < 1.29 is 9.59 Å². The molecule has 1 unspecified atom stereocenters. The van der Waals surface area contributed by atoms with Crippen LogP contribution < -0.4 is 4.90 Å². The molecule has 1 saturated heterocycles. The molecule has 0 saturated carbocycles. The Morgan fingerprint density at radius 2 is 2.00 bits per heavy atom. The normalized spacial score (nSPS) is 19.8. The lowest BCUT2D eigenvalue weighted by atomic mass is 9.84. The SMILES string of the molecule is CC(=O)N(c1ccccc1)C(C=O)N1CCCC(C)(C)C1. The van der Waals surface area contributed by atoms with Crippen LogP contribution in [0.1, 0.15) is 33.6 Å². The van der Waals surface area contributed by atoms with Crippen molar-refractivity contribution in [3.05, 3.63) is 30.3 Å². The molecule has 1 atom stereocenters. The first-order valence-electron chi connectivity index (χ1n) is 7.49. The number of para-hydroxylation sites is 1. The number of hydrogen-bond donors (Lipinski definition) is 0. The van der Waals surface area contributed by atoms with E-state index in [0.717, 1.165) is 37.9 Å². The van der Waals surface area contributed by atoms with E-state index in [4.69, 9.17) is 0 Å². The smallest absolute Gasteiger partial charge is 0.225 e. The summed E-state index contributed by atoms with van der Waals surface area (Å²) in [6.45, 7) is 7.61. The van der Waals surface area contributed by atoms with Crippen LogP contribution in [0.25, 0.3) is 0 Å². The Labute approximate surface area is 126 Å². The van der Waals surface area contributed by atoms with Gasteiger partial charge in [0.1, 0.15) is 6.17 Å². The lowest BCUT2D eigenvalue weighted by Crippen LogP contribution is -2.56. The third kappa shape index (κ3) is 3.70. The number of piperidine rings is 1. The number of benzene rings is 1. The van der Waals surface area contributed by atoms with Crippen molar-refractivity contribution in [2.24, 2.45) is 5.41 Å². The molecule has 0 radical (unpaired) electrons. The Hall–Kier alpha value is -1.68. The zero-order chi connectivity index (χ0) is 15.5. The minimum Gasteiger partial charge on any atom is -0.299 e. The average Bonchev–Trinajstić information content (AvgIpc) is 2.44. The molecule has 1 heterocycles. The van der Waals surface area contributed by atoms with E-state index in [1.807, 2.05) is 30.3 Å². The third-order valence-electron chi connectivity index (χ3n) is 4.06. The van der Waals surface area contributed by atoms with Crippen LogP contribution in [0, 0.1) is 5.41 Å². The van der Waals surface area contributed by atoms with Gasteiger partial charge in [0.25, 0.3) is 0 Å². The Kier molecular flexibility index (Phi) is 4.78. The highest BCUT2D eigenvalue weighted by Crippen LogP contribution is 2.30. The first-order valence-corrected chi connectivity index (χ1v) is 7.49. The highest BCUT2D eigenvalue weighted by Gasteiger charge is 2.34. The molecular formula is C17H24N2O2. The van der Waals surface area contributed by atoms with E-state index in [1.165, 1.54) is 6.92 Å². The number of aldehydes is 1. The summed E-state index contributed by atoms with van der Waals surface area (Å²) in [6.07, 6.45) is 2.57. The van der Waals surface area contributed by atoms with Gasteiger partial charge in [0.05, 0.1) is 0 Å². The van der Waals surface area contributed by atoms with Gasteiger partial charge in [-0.15, -0.1) is 0 Å². The number of amides is 1. The van der Waals surface area contributed by atoms with Crippen LogP contribution in [-0.2, 0) is 9.59 Å². The predicted octanol–water partition coefficient (Wildman–Crippen LogP) is 2.69. The number of hydrogen-bond acceptors (Lipinski definition) is 3. The van der Waals surface area contributed by atoms with Gasteiger partial charge in [-0.2, -0.15) is 0 Å². The minimum absolute atomic E-state index is 0.110. The summed E-state index contributed by atoms with van der Waals surface area (Å²) in [4.78, 5) is 27.5. The van der Waals surface area contributed by atoms with Gasteiger partial charge >= 0.3 is 0 Å². The van der Waals surface area contributed by atoms with Crippen molar-refractivity contribution in [1.82, 2.24) is 4.90 Å². The molecule has 0 spiro atoms. The maximum atomic E-state index is 12.1. The molecule has 1 aromatic carbocycles. The van der Waals surface area contributed by atoms with Gasteiger partial charge in [0.2, 0.25) is 5.91 Å². The quantitative estimate of drug-likeness (QED) is 0.800. The van der Waals surface area contributed by atoms with Crippen molar-refractivity contribution in [1.29, 1.82) is 0 Å². The standard InChI is InChI=1S/C17H24N2O2/c1-14(21)19(15-8-5-4-6-9-15)16(12-20)18-11-7-10-17(2,3)13-18/h4-6,8-9,12,16H,7,10-11,13H2,1-3H3. The van der Waals surface area contributed by atoms with Crippen LogP contribution in [-0.4, -0.2) is 36.3 Å². The Morgan fingerprint density at radius 1 is 1.33 bits per heavy atom. The van der Waals surface area contributed by atoms with Crippen molar-refractivity contribution in [2.75, 3.05) is 18.0 Å². The van der Waals surface area contributed by atoms with Gasteiger partial charge in [0.15, 0.2) is 6.29 Å². The van der Waals surface area contributed by atoms with Crippen molar-refractivity contribution in [3.63, 3.8) is 0 Å². The summed E-state index contributed by atoms with van der Waals surface area (Å²) in [6, 6.07) is 9.41. The molecule has 4 nitrogen and oxygen atoms in total. The highest BCUT2D eigenvalue weighted by molar-refractivity contribution is 5.95. The van der Waals surface area contributed by atoms with Crippen LogP contribution in [0.3, 0.4) is 0 Å². The molecule has 114 valence electrons. The molecular weight excluding hydrogens is 264 g/mol. The van der Waals surface area contributed by atoms with E-state index in [9.17, 15) is 9.59 Å². The molecule has 1 aliphatic heterocycles. The molecule has 1 aliphatic rings. The molecule has 0 bridgehead atoms. The molecule has 21 heavy (non-hydrogen) atoms. The number of likely N-dealkylation sites (tertiary alicyclic amines) is 1. The number of anilines is 1. The number of nitrogens with zero attached hydrogens (tertiary/aromatic N) is 2. The Balaban J connectivity index is 2.28. The van der Waals surface area contributed by atoms with Crippen LogP contribution in [0.15, 0.2) is 30.3 Å². The van der Waals surface area contributed by atoms with Gasteiger partial charge in [-0.3, -0.25) is 19.4 Å². The second kappa shape index (κ2) is 6.39. The number of carbonyl (C=O) groups excluding carboxylic acids is 2. The van der Waals surface area contributed by atoms with Gasteiger partial charge in [-0.25, -0.2) is 0 Å². The summed E-state index contributed by atoms with van der Waals surface area (Å²) < 4.78 is 0. The topological polar surface area (TPSA) is 40.6 Å². The minimum atomic E-state index is -0.524. The van der Waals surface area contributed by atoms with E-state index in [1.54, 1.807) is 4.90 Å².